The van der Waals surface area contributed by atoms with Crippen LogP contribution in [0.2, 0.25) is 0 Å². The number of aliphatic carboxylic acids is 2. The van der Waals surface area contributed by atoms with E-state index >= 15 is 0 Å². The number of carboxylic acids is 2. The van der Waals surface area contributed by atoms with E-state index in [0.717, 1.165) is 0 Å². The molecule has 37 heavy (non-hydrogen) atoms. The van der Waals surface area contributed by atoms with E-state index < -0.39 is 60.2 Å². The van der Waals surface area contributed by atoms with Crippen LogP contribution in [0.1, 0.15) is 45.1 Å². The van der Waals surface area contributed by atoms with Crippen molar-refractivity contribution in [3.63, 3.8) is 0 Å². The SMILES string of the molecule is CSCCC(NC(=O)C(CCC(=O)O)NC(=O)C(N)CC(C)C)C(=O)NC(Cc1ccccc1)C(=O)O. The van der Waals surface area contributed by atoms with Gasteiger partial charge in [-0.1, -0.05) is 44.2 Å². The highest BCUT2D eigenvalue weighted by atomic mass is 32.2. The van der Waals surface area contributed by atoms with Gasteiger partial charge in [-0.05, 0) is 42.8 Å². The van der Waals surface area contributed by atoms with Crippen LogP contribution in [0.15, 0.2) is 30.3 Å². The van der Waals surface area contributed by atoms with E-state index in [1.807, 2.05) is 20.1 Å². The number of carbonyl (C=O) groups is 5. The van der Waals surface area contributed by atoms with Gasteiger partial charge in [0.2, 0.25) is 17.7 Å². The van der Waals surface area contributed by atoms with Crippen LogP contribution in [0.3, 0.4) is 0 Å². The van der Waals surface area contributed by atoms with Crippen LogP contribution in [-0.2, 0) is 30.4 Å². The maximum absolute atomic E-state index is 13.1. The molecule has 0 aliphatic heterocycles. The fourth-order valence-electron chi connectivity index (χ4n) is 3.53. The van der Waals surface area contributed by atoms with Crippen molar-refractivity contribution in [2.45, 2.75) is 70.1 Å². The Morgan fingerprint density at radius 2 is 1.41 bits per heavy atom. The van der Waals surface area contributed by atoms with Gasteiger partial charge >= 0.3 is 11.9 Å². The summed E-state index contributed by atoms with van der Waals surface area (Å²) in [5, 5.41) is 26.2. The molecule has 1 rings (SSSR count). The molecule has 0 saturated heterocycles. The van der Waals surface area contributed by atoms with Gasteiger partial charge in [-0.3, -0.25) is 19.2 Å². The van der Waals surface area contributed by atoms with Gasteiger partial charge in [-0.25, -0.2) is 4.79 Å². The number of carbonyl (C=O) groups excluding carboxylic acids is 3. The number of amides is 3. The van der Waals surface area contributed by atoms with Crippen LogP contribution >= 0.6 is 11.8 Å². The molecule has 0 fully saturated rings. The molecule has 0 saturated carbocycles. The van der Waals surface area contributed by atoms with Crippen LogP contribution in [0.5, 0.6) is 0 Å². The maximum Gasteiger partial charge on any atom is 0.326 e. The molecule has 0 aliphatic rings. The van der Waals surface area contributed by atoms with E-state index in [4.69, 9.17) is 10.8 Å². The molecule has 4 atom stereocenters. The Morgan fingerprint density at radius 3 is 1.92 bits per heavy atom. The first-order valence-electron chi connectivity index (χ1n) is 12.1. The summed E-state index contributed by atoms with van der Waals surface area (Å²) in [6, 6.07) is 4.37. The number of nitrogens with two attached hydrogens (primary N) is 1. The van der Waals surface area contributed by atoms with Crippen molar-refractivity contribution in [3.05, 3.63) is 35.9 Å². The largest absolute Gasteiger partial charge is 0.481 e. The van der Waals surface area contributed by atoms with E-state index in [2.05, 4.69) is 16.0 Å². The highest BCUT2D eigenvalue weighted by Crippen LogP contribution is 2.08. The highest BCUT2D eigenvalue weighted by molar-refractivity contribution is 7.98. The molecule has 0 heterocycles. The second-order valence-corrected chi connectivity index (χ2v) is 10.1. The first kappa shape index (κ1) is 31.9. The molecule has 11 nitrogen and oxygen atoms in total. The standard InChI is InChI=1S/C25H38N4O7S/c1-15(2)13-17(26)22(32)27-18(9-10-21(30)31)23(33)28-19(11-12-37-3)24(34)29-20(25(35)36)14-16-7-5-4-6-8-16/h4-8,15,17-20H,9-14,26H2,1-3H3,(H,27,32)(H,28,33)(H,29,34)(H,30,31)(H,35,36). The van der Waals surface area contributed by atoms with Gasteiger partial charge in [0.15, 0.2) is 0 Å². The van der Waals surface area contributed by atoms with Gasteiger partial charge in [0.1, 0.15) is 18.1 Å². The van der Waals surface area contributed by atoms with Crippen LogP contribution in [0.25, 0.3) is 0 Å². The minimum atomic E-state index is -1.23. The highest BCUT2D eigenvalue weighted by Gasteiger charge is 2.30. The molecule has 0 aliphatic carbocycles. The van der Waals surface area contributed by atoms with Gasteiger partial charge in [-0.15, -0.1) is 0 Å². The molecule has 0 bridgehead atoms. The van der Waals surface area contributed by atoms with E-state index in [-0.39, 0.29) is 25.2 Å². The maximum atomic E-state index is 13.1. The number of hydrogen-bond acceptors (Lipinski definition) is 7. The Bertz CT molecular complexity index is 914. The topological polar surface area (TPSA) is 188 Å². The lowest BCUT2D eigenvalue weighted by Crippen LogP contribution is -2.57. The van der Waals surface area contributed by atoms with Gasteiger partial charge in [-0.2, -0.15) is 11.8 Å². The molecule has 0 spiro atoms. The first-order valence-corrected chi connectivity index (χ1v) is 13.5. The molecule has 7 N–H and O–H groups in total. The first-order chi connectivity index (χ1) is 17.4. The van der Waals surface area contributed by atoms with Crippen molar-refractivity contribution in [3.8, 4) is 0 Å². The lowest BCUT2D eigenvalue weighted by atomic mass is 10.0. The van der Waals surface area contributed by atoms with E-state index in [1.165, 1.54) is 11.8 Å². The molecular weight excluding hydrogens is 500 g/mol. The molecule has 0 aromatic heterocycles. The Kier molecular flexibility index (Phi) is 14.3. The summed E-state index contributed by atoms with van der Waals surface area (Å²) in [4.78, 5) is 61.5. The number of benzene rings is 1. The van der Waals surface area contributed by atoms with Crippen molar-refractivity contribution in [2.75, 3.05) is 12.0 Å². The Balaban J connectivity index is 3.00. The average molecular weight is 539 g/mol. The number of hydrogen-bond donors (Lipinski definition) is 6. The fourth-order valence-corrected chi connectivity index (χ4v) is 4.00. The second kappa shape index (κ2) is 16.6. The van der Waals surface area contributed by atoms with Gasteiger partial charge in [0.05, 0.1) is 6.04 Å². The Morgan fingerprint density at radius 1 is 0.865 bits per heavy atom. The zero-order valence-corrected chi connectivity index (χ0v) is 22.3. The zero-order chi connectivity index (χ0) is 28.0. The summed E-state index contributed by atoms with van der Waals surface area (Å²) < 4.78 is 0. The Labute approximate surface area is 221 Å². The summed E-state index contributed by atoms with van der Waals surface area (Å²) in [6.45, 7) is 3.78. The molecule has 1 aromatic rings. The summed E-state index contributed by atoms with van der Waals surface area (Å²) in [5.41, 5.74) is 6.62. The molecule has 4 unspecified atom stereocenters. The monoisotopic (exact) mass is 538 g/mol. The van der Waals surface area contributed by atoms with Crippen LogP contribution in [0, 0.1) is 5.92 Å². The quantitative estimate of drug-likeness (QED) is 0.166. The summed E-state index contributed by atoms with van der Waals surface area (Å²) >= 11 is 1.43. The van der Waals surface area contributed by atoms with Crippen LogP contribution in [0.4, 0.5) is 0 Å². The van der Waals surface area contributed by atoms with Crippen molar-refractivity contribution >= 4 is 41.4 Å². The lowest BCUT2D eigenvalue weighted by Gasteiger charge is -2.25. The summed E-state index contributed by atoms with van der Waals surface area (Å²) in [5.74, 6) is -3.80. The van der Waals surface area contributed by atoms with Gasteiger partial charge in [0.25, 0.3) is 0 Å². The van der Waals surface area contributed by atoms with Crippen molar-refractivity contribution in [1.82, 2.24) is 16.0 Å². The van der Waals surface area contributed by atoms with Crippen LogP contribution in [-0.4, -0.2) is 76.0 Å². The summed E-state index contributed by atoms with van der Waals surface area (Å²) in [6.07, 6.45) is 1.84. The van der Waals surface area contributed by atoms with E-state index in [9.17, 15) is 29.1 Å². The third kappa shape index (κ3) is 12.6. The number of thioether (sulfide) groups is 1. The Hall–Kier alpha value is -3.12. The molecule has 206 valence electrons. The third-order valence-electron chi connectivity index (χ3n) is 5.48. The van der Waals surface area contributed by atoms with Crippen molar-refractivity contribution < 1.29 is 34.2 Å². The molecule has 3 amide bonds. The van der Waals surface area contributed by atoms with Gasteiger partial charge in [0, 0.05) is 12.8 Å². The van der Waals surface area contributed by atoms with Crippen LogP contribution < -0.4 is 21.7 Å². The average Bonchev–Trinajstić information content (AvgIpc) is 2.83. The second-order valence-electron chi connectivity index (χ2n) is 9.16. The molecule has 1 aromatic carbocycles. The lowest BCUT2D eigenvalue weighted by molar-refractivity contribution is -0.142. The summed E-state index contributed by atoms with van der Waals surface area (Å²) in [7, 11) is 0. The fraction of sp³-hybridized carbons (Fsp3) is 0.560. The number of carboxylic acid groups (broad SMARTS) is 2. The molecule has 0 radical (unpaired) electrons. The normalized spacial score (nSPS) is 14.2. The van der Waals surface area contributed by atoms with Crippen molar-refractivity contribution in [1.29, 1.82) is 0 Å². The predicted octanol–water partition coefficient (Wildman–Crippen LogP) is 0.759. The molecule has 12 heteroatoms. The van der Waals surface area contributed by atoms with Crippen molar-refractivity contribution in [2.24, 2.45) is 11.7 Å². The number of rotatable bonds is 17. The van der Waals surface area contributed by atoms with E-state index in [0.29, 0.717) is 17.7 Å². The third-order valence-corrected chi connectivity index (χ3v) is 6.13. The van der Waals surface area contributed by atoms with Gasteiger partial charge < -0.3 is 31.9 Å². The molecular formula is C25H38N4O7S. The smallest absolute Gasteiger partial charge is 0.326 e. The zero-order valence-electron chi connectivity index (χ0n) is 21.4. The predicted molar refractivity (Wildman–Crippen MR) is 141 cm³/mol. The van der Waals surface area contributed by atoms with E-state index in [1.54, 1.807) is 30.3 Å². The number of nitrogens with one attached hydrogen (secondary N) is 3. The minimum Gasteiger partial charge on any atom is -0.481 e. The minimum absolute atomic E-state index is 0.0517.